The highest BCUT2D eigenvalue weighted by atomic mass is 35.5. The fourth-order valence-corrected chi connectivity index (χ4v) is 8.31. The van der Waals surface area contributed by atoms with Crippen molar-refractivity contribution in [3.63, 3.8) is 0 Å². The third kappa shape index (κ3) is 4.55. The number of fused-ring (bicyclic) bond motifs is 4. The van der Waals surface area contributed by atoms with E-state index in [1.54, 1.807) is 0 Å². The van der Waals surface area contributed by atoms with Gasteiger partial charge in [-0.1, -0.05) is 23.7 Å². The van der Waals surface area contributed by atoms with Crippen LogP contribution in [0.25, 0.3) is 0 Å². The van der Waals surface area contributed by atoms with E-state index in [1.807, 2.05) is 12.1 Å². The SMILES string of the molecule is N#CCC1CCCN(c2nc(OC[C@@]34CCCN3C[C@H](F)C4)nc3c2COC2(CCc4c(Cl)cccc42)C3)CC1. The van der Waals surface area contributed by atoms with Gasteiger partial charge < -0.3 is 14.4 Å². The number of hydrogen-bond donors (Lipinski definition) is 0. The van der Waals surface area contributed by atoms with Gasteiger partial charge >= 0.3 is 6.01 Å². The Morgan fingerprint density at radius 1 is 1.15 bits per heavy atom. The summed E-state index contributed by atoms with van der Waals surface area (Å²) in [6.45, 7) is 4.01. The summed E-state index contributed by atoms with van der Waals surface area (Å²) >= 11 is 6.57. The molecule has 1 aromatic heterocycles. The Labute approximate surface area is 240 Å². The zero-order valence-electron chi connectivity index (χ0n) is 23.0. The van der Waals surface area contributed by atoms with Crippen LogP contribution in [0.3, 0.4) is 0 Å². The predicted molar refractivity (Wildman–Crippen MR) is 150 cm³/mol. The molecular formula is C31H37ClFN5O2. The minimum atomic E-state index is -0.798. The Balaban J connectivity index is 1.22. The van der Waals surface area contributed by atoms with Crippen LogP contribution in [0.2, 0.25) is 5.02 Å². The van der Waals surface area contributed by atoms with E-state index >= 15 is 0 Å². The molecule has 0 saturated carbocycles. The number of alkyl halides is 1. The zero-order valence-corrected chi connectivity index (χ0v) is 23.8. The summed E-state index contributed by atoms with van der Waals surface area (Å²) < 4.78 is 27.5. The van der Waals surface area contributed by atoms with Gasteiger partial charge in [0.1, 0.15) is 18.6 Å². The van der Waals surface area contributed by atoms with Gasteiger partial charge in [-0.2, -0.15) is 15.2 Å². The van der Waals surface area contributed by atoms with Crippen LogP contribution in [-0.4, -0.2) is 59.4 Å². The predicted octanol–water partition coefficient (Wildman–Crippen LogP) is 5.52. The highest BCUT2D eigenvalue weighted by molar-refractivity contribution is 6.31. The maximum absolute atomic E-state index is 14.4. The van der Waals surface area contributed by atoms with E-state index in [0.29, 0.717) is 50.9 Å². The first-order valence-electron chi connectivity index (χ1n) is 14.9. The van der Waals surface area contributed by atoms with Crippen LogP contribution < -0.4 is 9.64 Å². The third-order valence-electron chi connectivity index (χ3n) is 10.1. The molecular weight excluding hydrogens is 529 g/mol. The largest absolute Gasteiger partial charge is 0.461 e. The number of aromatic nitrogens is 2. The topological polar surface area (TPSA) is 74.5 Å². The second-order valence-electron chi connectivity index (χ2n) is 12.5. The van der Waals surface area contributed by atoms with Gasteiger partial charge in [0.2, 0.25) is 0 Å². The van der Waals surface area contributed by atoms with Crippen molar-refractivity contribution in [1.82, 2.24) is 14.9 Å². The molecule has 1 aliphatic carbocycles. The van der Waals surface area contributed by atoms with Crippen molar-refractivity contribution >= 4 is 17.4 Å². The first kappa shape index (κ1) is 26.4. The molecule has 4 atom stereocenters. The highest BCUT2D eigenvalue weighted by Gasteiger charge is 2.50. The van der Waals surface area contributed by atoms with Crippen molar-refractivity contribution in [1.29, 1.82) is 5.26 Å². The molecule has 7 rings (SSSR count). The molecule has 3 saturated heterocycles. The van der Waals surface area contributed by atoms with Crippen LogP contribution in [0, 0.1) is 17.2 Å². The van der Waals surface area contributed by atoms with Crippen molar-refractivity contribution < 1.29 is 13.9 Å². The first-order chi connectivity index (χ1) is 19.5. The number of nitriles is 1. The summed E-state index contributed by atoms with van der Waals surface area (Å²) in [5, 5.41) is 10.1. The zero-order chi connectivity index (χ0) is 27.3. The third-order valence-corrected chi connectivity index (χ3v) is 10.5. The Kier molecular flexibility index (Phi) is 6.88. The van der Waals surface area contributed by atoms with E-state index in [4.69, 9.17) is 31.0 Å². The molecule has 3 fully saturated rings. The molecule has 40 heavy (non-hydrogen) atoms. The fourth-order valence-electron chi connectivity index (χ4n) is 8.04. The molecule has 4 aliphatic heterocycles. The van der Waals surface area contributed by atoms with Gasteiger partial charge in [-0.05, 0) is 74.6 Å². The maximum Gasteiger partial charge on any atom is 0.318 e. The fraction of sp³-hybridized carbons (Fsp3) is 0.645. The Morgan fingerprint density at radius 3 is 2.98 bits per heavy atom. The van der Waals surface area contributed by atoms with Crippen LogP contribution in [0.15, 0.2) is 18.2 Å². The lowest BCUT2D eigenvalue weighted by Gasteiger charge is -2.37. The van der Waals surface area contributed by atoms with Gasteiger partial charge in [-0.3, -0.25) is 4.90 Å². The van der Waals surface area contributed by atoms with Gasteiger partial charge in [0, 0.05) is 49.5 Å². The van der Waals surface area contributed by atoms with E-state index in [2.05, 4.69) is 21.9 Å². The standard InChI is InChI=1S/C31H37ClFN5O2/c32-26-6-1-5-25-23(26)7-11-31(25)17-27-24(19-40-31)28(37-13-2-4-21(8-12-34)9-15-37)36-29(35-27)39-20-30-10-3-14-38(30)18-22(33)16-30/h1,5-6,21-22H,2-4,7-11,13-20H2/t21?,22-,30+,31?/m1/s1. The molecule has 2 unspecified atom stereocenters. The molecule has 0 amide bonds. The number of halogens is 2. The van der Waals surface area contributed by atoms with Crippen molar-refractivity contribution in [3.05, 3.63) is 45.6 Å². The second-order valence-corrected chi connectivity index (χ2v) is 12.9. The first-order valence-corrected chi connectivity index (χ1v) is 15.3. The highest BCUT2D eigenvalue weighted by Crippen LogP contribution is 2.49. The van der Waals surface area contributed by atoms with E-state index < -0.39 is 11.8 Å². The van der Waals surface area contributed by atoms with E-state index in [0.717, 1.165) is 86.7 Å². The van der Waals surface area contributed by atoms with Gasteiger partial charge in [0.15, 0.2) is 0 Å². The van der Waals surface area contributed by atoms with Gasteiger partial charge in [-0.15, -0.1) is 0 Å². The van der Waals surface area contributed by atoms with E-state index in [9.17, 15) is 9.65 Å². The monoisotopic (exact) mass is 565 g/mol. The van der Waals surface area contributed by atoms with E-state index in [1.165, 1.54) is 11.1 Å². The van der Waals surface area contributed by atoms with Crippen molar-refractivity contribution in [2.75, 3.05) is 37.7 Å². The molecule has 212 valence electrons. The number of benzene rings is 1. The molecule has 1 aromatic carbocycles. The number of rotatable bonds is 5. The maximum atomic E-state index is 14.4. The Bertz CT molecular complexity index is 1340. The molecule has 0 bridgehead atoms. The summed E-state index contributed by atoms with van der Waals surface area (Å²) in [6, 6.07) is 8.85. The van der Waals surface area contributed by atoms with Crippen LogP contribution in [0.1, 0.15) is 73.8 Å². The molecule has 7 nitrogen and oxygen atoms in total. The molecule has 2 aromatic rings. The Hall–Kier alpha value is -2.47. The molecule has 0 N–H and O–H groups in total. The number of hydrogen-bond acceptors (Lipinski definition) is 7. The van der Waals surface area contributed by atoms with Crippen LogP contribution in [0.4, 0.5) is 10.2 Å². The Morgan fingerprint density at radius 2 is 2.08 bits per heavy atom. The average Bonchev–Trinajstić information content (AvgIpc) is 3.52. The molecule has 5 aliphatic rings. The normalized spacial score (nSPS) is 31.5. The molecule has 9 heteroatoms. The molecule has 5 heterocycles. The van der Waals surface area contributed by atoms with Crippen LogP contribution in [0.5, 0.6) is 6.01 Å². The van der Waals surface area contributed by atoms with Crippen molar-refractivity contribution in [2.45, 2.75) is 88.1 Å². The minimum absolute atomic E-state index is 0.253. The van der Waals surface area contributed by atoms with Gasteiger partial charge in [0.05, 0.1) is 29.5 Å². The second kappa shape index (κ2) is 10.4. The lowest BCUT2D eigenvalue weighted by atomic mass is 9.87. The summed E-state index contributed by atoms with van der Waals surface area (Å²) in [5.41, 5.74) is 3.67. The van der Waals surface area contributed by atoms with Crippen molar-refractivity contribution in [2.24, 2.45) is 5.92 Å². The minimum Gasteiger partial charge on any atom is -0.461 e. The summed E-state index contributed by atoms with van der Waals surface area (Å²) in [5.74, 6) is 1.32. The molecule has 0 radical (unpaired) electrons. The number of ether oxygens (including phenoxy) is 2. The lowest BCUT2D eigenvalue weighted by Crippen LogP contribution is -2.43. The van der Waals surface area contributed by atoms with Crippen LogP contribution in [-0.2, 0) is 29.8 Å². The van der Waals surface area contributed by atoms with Gasteiger partial charge in [0.25, 0.3) is 0 Å². The smallest absolute Gasteiger partial charge is 0.318 e. The summed E-state index contributed by atoms with van der Waals surface area (Å²) in [4.78, 5) is 14.6. The summed E-state index contributed by atoms with van der Waals surface area (Å²) in [6.07, 6.45) is 7.81. The number of nitrogens with zero attached hydrogens (tertiary/aromatic N) is 5. The van der Waals surface area contributed by atoms with E-state index in [-0.39, 0.29) is 5.54 Å². The van der Waals surface area contributed by atoms with Crippen molar-refractivity contribution in [3.8, 4) is 12.1 Å². The average molecular weight is 566 g/mol. The summed E-state index contributed by atoms with van der Waals surface area (Å²) in [7, 11) is 0. The number of anilines is 1. The quantitative estimate of drug-likeness (QED) is 0.472. The van der Waals surface area contributed by atoms with Crippen LogP contribution >= 0.6 is 11.6 Å². The van der Waals surface area contributed by atoms with Gasteiger partial charge in [-0.25, -0.2) is 4.39 Å². The molecule has 1 spiro atoms. The lowest BCUT2D eigenvalue weighted by molar-refractivity contribution is -0.0730.